The molecular formula is C13H28Si. The third kappa shape index (κ3) is 2.42. The predicted molar refractivity (Wildman–Crippen MR) is 68.6 cm³/mol. The summed E-state index contributed by atoms with van der Waals surface area (Å²) in [5, 5.41) is 0. The van der Waals surface area contributed by atoms with E-state index in [2.05, 4.69) is 27.7 Å². The molecule has 0 aromatic carbocycles. The highest BCUT2D eigenvalue weighted by atomic mass is 28.3. The maximum absolute atomic E-state index is 2.46. The molecular weight excluding hydrogens is 184 g/mol. The molecule has 0 aliphatic heterocycles. The highest BCUT2D eigenvalue weighted by Gasteiger charge is 2.37. The normalized spacial score (nSPS) is 29.1. The van der Waals surface area contributed by atoms with Crippen LogP contribution in [0.1, 0.15) is 53.4 Å². The lowest BCUT2D eigenvalue weighted by molar-refractivity contribution is 0.377. The first-order valence-corrected chi connectivity index (χ1v) is 9.38. The molecule has 0 aromatic rings. The summed E-state index contributed by atoms with van der Waals surface area (Å²) in [6, 6.07) is 4.58. The van der Waals surface area contributed by atoms with Crippen molar-refractivity contribution in [1.82, 2.24) is 0 Å². The molecule has 0 heterocycles. The molecule has 1 heteroatoms. The smallest absolute Gasteiger partial charge is 0.0558 e. The summed E-state index contributed by atoms with van der Waals surface area (Å²) in [5.74, 6) is 1.02. The standard InChI is InChI=1S/C13H28Si/c1-5-14(6-2,7-3)13-10-8-12(4)9-11-13/h12-13H,5-11H2,1-4H3. The SMILES string of the molecule is CC[Si](CC)(CC)C1CCC(C)CC1. The van der Waals surface area contributed by atoms with E-state index >= 15 is 0 Å². The minimum Gasteiger partial charge on any atom is -0.0678 e. The van der Waals surface area contributed by atoms with Gasteiger partial charge < -0.3 is 0 Å². The van der Waals surface area contributed by atoms with Crippen LogP contribution in [-0.2, 0) is 0 Å². The Bertz CT molecular complexity index is 144. The molecule has 0 spiro atoms. The van der Waals surface area contributed by atoms with Gasteiger partial charge in [-0.2, -0.15) is 0 Å². The van der Waals surface area contributed by atoms with Crippen LogP contribution in [0.25, 0.3) is 0 Å². The summed E-state index contributed by atoms with van der Waals surface area (Å²) in [6.07, 6.45) is 6.14. The highest BCUT2D eigenvalue weighted by Crippen LogP contribution is 2.44. The predicted octanol–water partition coefficient (Wildman–Crippen LogP) is 5.08. The summed E-state index contributed by atoms with van der Waals surface area (Å²) < 4.78 is 0. The Morgan fingerprint density at radius 3 is 1.64 bits per heavy atom. The lowest BCUT2D eigenvalue weighted by Crippen LogP contribution is -2.39. The van der Waals surface area contributed by atoms with Gasteiger partial charge >= 0.3 is 0 Å². The molecule has 1 aliphatic carbocycles. The van der Waals surface area contributed by atoms with Crippen molar-refractivity contribution in [3.63, 3.8) is 0 Å². The average molecular weight is 212 g/mol. The molecule has 0 unspecified atom stereocenters. The zero-order valence-corrected chi connectivity index (χ0v) is 11.6. The molecule has 14 heavy (non-hydrogen) atoms. The van der Waals surface area contributed by atoms with Crippen LogP contribution in [0.5, 0.6) is 0 Å². The van der Waals surface area contributed by atoms with Crippen LogP contribution in [0.2, 0.25) is 23.7 Å². The van der Waals surface area contributed by atoms with Crippen LogP contribution < -0.4 is 0 Å². The average Bonchev–Trinajstić information content (AvgIpc) is 2.24. The molecule has 84 valence electrons. The van der Waals surface area contributed by atoms with Gasteiger partial charge in [0.1, 0.15) is 0 Å². The molecule has 0 nitrogen and oxygen atoms in total. The first kappa shape index (κ1) is 12.3. The maximum Gasteiger partial charge on any atom is 0.0558 e. The first-order valence-electron chi connectivity index (χ1n) is 6.68. The van der Waals surface area contributed by atoms with Crippen molar-refractivity contribution in [3.05, 3.63) is 0 Å². The van der Waals surface area contributed by atoms with Crippen LogP contribution in [0.15, 0.2) is 0 Å². The maximum atomic E-state index is 2.46. The summed E-state index contributed by atoms with van der Waals surface area (Å²) >= 11 is 0. The van der Waals surface area contributed by atoms with Gasteiger partial charge in [0.15, 0.2) is 0 Å². The van der Waals surface area contributed by atoms with Crippen molar-refractivity contribution in [3.8, 4) is 0 Å². The molecule has 1 rings (SSSR count). The molecule has 0 saturated heterocycles. The van der Waals surface area contributed by atoms with Gasteiger partial charge in [0.25, 0.3) is 0 Å². The van der Waals surface area contributed by atoms with Gasteiger partial charge in [0, 0.05) is 0 Å². The van der Waals surface area contributed by atoms with Gasteiger partial charge in [-0.1, -0.05) is 71.5 Å². The fourth-order valence-corrected chi connectivity index (χ4v) is 8.28. The van der Waals surface area contributed by atoms with Crippen molar-refractivity contribution in [2.75, 3.05) is 0 Å². The fourth-order valence-electron chi connectivity index (χ4n) is 3.49. The van der Waals surface area contributed by atoms with Gasteiger partial charge in [0.05, 0.1) is 8.07 Å². The molecule has 0 aromatic heterocycles. The van der Waals surface area contributed by atoms with E-state index in [1.807, 2.05) is 0 Å². The number of hydrogen-bond donors (Lipinski definition) is 0. The molecule has 0 radical (unpaired) electrons. The van der Waals surface area contributed by atoms with E-state index in [9.17, 15) is 0 Å². The van der Waals surface area contributed by atoms with Crippen molar-refractivity contribution in [2.45, 2.75) is 77.1 Å². The minimum absolute atomic E-state index is 0.846. The van der Waals surface area contributed by atoms with E-state index in [0.29, 0.717) is 0 Å². The van der Waals surface area contributed by atoms with E-state index in [0.717, 1.165) is 5.92 Å². The molecule has 0 bridgehead atoms. The van der Waals surface area contributed by atoms with Crippen molar-refractivity contribution >= 4 is 8.07 Å². The van der Waals surface area contributed by atoms with Crippen LogP contribution in [-0.4, -0.2) is 8.07 Å². The number of rotatable bonds is 4. The van der Waals surface area contributed by atoms with E-state index in [-0.39, 0.29) is 0 Å². The lowest BCUT2D eigenvalue weighted by Gasteiger charge is -2.41. The first-order chi connectivity index (χ1) is 6.68. The Morgan fingerprint density at radius 1 is 0.857 bits per heavy atom. The Labute approximate surface area is 91.5 Å². The fraction of sp³-hybridized carbons (Fsp3) is 1.00. The summed E-state index contributed by atoms with van der Waals surface area (Å²) in [7, 11) is -0.846. The molecule has 0 amide bonds. The highest BCUT2D eigenvalue weighted by molar-refractivity contribution is 6.81. The van der Waals surface area contributed by atoms with Gasteiger partial charge in [-0.3, -0.25) is 0 Å². The largest absolute Gasteiger partial charge is 0.0678 e. The topological polar surface area (TPSA) is 0 Å². The zero-order valence-electron chi connectivity index (χ0n) is 10.6. The van der Waals surface area contributed by atoms with E-state index in [1.54, 1.807) is 12.8 Å². The second-order valence-electron chi connectivity index (χ2n) is 5.38. The van der Waals surface area contributed by atoms with Crippen molar-refractivity contribution in [1.29, 1.82) is 0 Å². The van der Waals surface area contributed by atoms with Crippen LogP contribution >= 0.6 is 0 Å². The van der Waals surface area contributed by atoms with Gasteiger partial charge in [-0.05, 0) is 11.5 Å². The Balaban J connectivity index is 2.60. The van der Waals surface area contributed by atoms with Gasteiger partial charge in [-0.15, -0.1) is 0 Å². The third-order valence-electron chi connectivity index (χ3n) is 4.99. The molecule has 1 saturated carbocycles. The molecule has 0 N–H and O–H groups in total. The van der Waals surface area contributed by atoms with Crippen molar-refractivity contribution in [2.24, 2.45) is 5.92 Å². The van der Waals surface area contributed by atoms with Crippen LogP contribution in [0.3, 0.4) is 0 Å². The quantitative estimate of drug-likeness (QED) is 0.570. The van der Waals surface area contributed by atoms with Gasteiger partial charge in [-0.25, -0.2) is 0 Å². The summed E-state index contributed by atoms with van der Waals surface area (Å²) in [6.45, 7) is 9.80. The minimum atomic E-state index is -0.846. The Hall–Kier alpha value is 0.217. The van der Waals surface area contributed by atoms with Crippen LogP contribution in [0, 0.1) is 5.92 Å². The number of hydrogen-bond acceptors (Lipinski definition) is 0. The zero-order chi connectivity index (χ0) is 10.6. The third-order valence-corrected chi connectivity index (χ3v) is 11.5. The Kier molecular flexibility index (Phi) is 4.69. The molecule has 0 atom stereocenters. The van der Waals surface area contributed by atoms with E-state index in [4.69, 9.17) is 0 Å². The van der Waals surface area contributed by atoms with Crippen molar-refractivity contribution < 1.29 is 0 Å². The van der Waals surface area contributed by atoms with E-state index in [1.165, 1.54) is 36.5 Å². The van der Waals surface area contributed by atoms with Gasteiger partial charge in [0.2, 0.25) is 0 Å². The monoisotopic (exact) mass is 212 g/mol. The second-order valence-corrected chi connectivity index (χ2v) is 11.0. The molecule has 1 aliphatic rings. The summed E-state index contributed by atoms with van der Waals surface area (Å²) in [5.41, 5.74) is 1.17. The van der Waals surface area contributed by atoms with E-state index < -0.39 is 8.07 Å². The second kappa shape index (κ2) is 5.34. The Morgan fingerprint density at radius 2 is 1.29 bits per heavy atom. The van der Waals surface area contributed by atoms with Crippen LogP contribution in [0.4, 0.5) is 0 Å². The molecule has 1 fully saturated rings. The lowest BCUT2D eigenvalue weighted by atomic mass is 9.90. The summed E-state index contributed by atoms with van der Waals surface area (Å²) in [4.78, 5) is 0.